The molecule has 1 aromatic rings. The van der Waals surface area contributed by atoms with E-state index in [1.165, 1.54) is 0 Å². The predicted octanol–water partition coefficient (Wildman–Crippen LogP) is 0.956. The van der Waals surface area contributed by atoms with Crippen molar-refractivity contribution in [3.8, 4) is 0 Å². The first-order valence-corrected chi connectivity index (χ1v) is 6.71. The summed E-state index contributed by atoms with van der Waals surface area (Å²) in [5.41, 5.74) is 10.3. The molecule has 6 heteroatoms. The summed E-state index contributed by atoms with van der Waals surface area (Å²) in [6.45, 7) is 3.34. The number of ether oxygens (including phenoxy) is 1. The van der Waals surface area contributed by atoms with Crippen LogP contribution in [0.25, 0.3) is 0 Å². The summed E-state index contributed by atoms with van der Waals surface area (Å²) in [6.07, 6.45) is -1.51. The van der Waals surface area contributed by atoms with Crippen molar-refractivity contribution in [3.63, 3.8) is 0 Å². The molecular formula is C15H22N2O4. The number of primary amides is 2. The highest BCUT2D eigenvalue weighted by Gasteiger charge is 2.33. The third kappa shape index (κ3) is 5.83. The zero-order valence-electron chi connectivity index (χ0n) is 12.3. The number of benzene rings is 1. The number of carbonyl (C=O) groups excluding carboxylic acids is 2. The summed E-state index contributed by atoms with van der Waals surface area (Å²) in [4.78, 5) is 22.2. The molecule has 0 saturated heterocycles. The van der Waals surface area contributed by atoms with Gasteiger partial charge < -0.3 is 21.3 Å². The number of amides is 2. The number of hydrogen-bond acceptors (Lipinski definition) is 4. The van der Waals surface area contributed by atoms with Crippen molar-refractivity contribution in [1.29, 1.82) is 0 Å². The first kappa shape index (κ1) is 17.0. The fourth-order valence-electron chi connectivity index (χ4n) is 2.39. The lowest BCUT2D eigenvalue weighted by Crippen LogP contribution is -2.42. The van der Waals surface area contributed by atoms with E-state index in [0.29, 0.717) is 6.42 Å². The molecular weight excluding hydrogens is 272 g/mol. The van der Waals surface area contributed by atoms with Gasteiger partial charge >= 0.3 is 6.09 Å². The van der Waals surface area contributed by atoms with Gasteiger partial charge in [-0.15, -0.1) is 0 Å². The van der Waals surface area contributed by atoms with E-state index in [0.717, 1.165) is 5.56 Å². The predicted molar refractivity (Wildman–Crippen MR) is 78.2 cm³/mol. The monoisotopic (exact) mass is 294 g/mol. The Hall–Kier alpha value is -2.08. The largest absolute Gasteiger partial charge is 0.444 e. The van der Waals surface area contributed by atoms with E-state index in [1.807, 2.05) is 30.3 Å². The number of hydrogen-bond donors (Lipinski definition) is 3. The van der Waals surface area contributed by atoms with Crippen molar-refractivity contribution in [2.24, 2.45) is 17.4 Å². The number of aliphatic hydroxyl groups is 1. The Morgan fingerprint density at radius 3 is 2.29 bits per heavy atom. The van der Waals surface area contributed by atoms with Gasteiger partial charge in [-0.05, 0) is 32.3 Å². The normalized spacial score (nSPS) is 14.2. The molecule has 116 valence electrons. The Kier molecular flexibility index (Phi) is 5.72. The fraction of sp³-hybridized carbons (Fsp3) is 0.467. The molecule has 0 aliphatic carbocycles. The van der Waals surface area contributed by atoms with Crippen molar-refractivity contribution in [1.82, 2.24) is 0 Å². The van der Waals surface area contributed by atoms with Gasteiger partial charge in [-0.2, -0.15) is 0 Å². The molecule has 6 nitrogen and oxygen atoms in total. The maximum Gasteiger partial charge on any atom is 0.405 e. The first-order chi connectivity index (χ1) is 9.71. The van der Waals surface area contributed by atoms with Gasteiger partial charge in [-0.3, -0.25) is 4.79 Å². The van der Waals surface area contributed by atoms with Gasteiger partial charge in [0.1, 0.15) is 11.7 Å². The van der Waals surface area contributed by atoms with Gasteiger partial charge in [0.05, 0.1) is 0 Å². The van der Waals surface area contributed by atoms with Gasteiger partial charge in [0, 0.05) is 5.92 Å². The lowest BCUT2D eigenvalue weighted by atomic mass is 9.84. The lowest BCUT2D eigenvalue weighted by Gasteiger charge is -2.30. The van der Waals surface area contributed by atoms with Gasteiger partial charge in [0.2, 0.25) is 5.91 Å². The minimum atomic E-state index is -1.32. The maximum atomic E-state index is 11.3. The molecule has 2 atom stereocenters. The first-order valence-electron chi connectivity index (χ1n) is 6.71. The Labute approximate surface area is 124 Å². The summed E-state index contributed by atoms with van der Waals surface area (Å²) >= 11 is 0. The highest BCUT2D eigenvalue weighted by atomic mass is 16.6. The molecule has 0 aromatic heterocycles. The van der Waals surface area contributed by atoms with E-state index in [9.17, 15) is 14.7 Å². The Morgan fingerprint density at radius 1 is 1.24 bits per heavy atom. The molecule has 5 N–H and O–H groups in total. The SMILES string of the molecule is CC(C)(CC(Cc1ccccc1)C(O)C(N)=O)OC(N)=O. The standard InChI is InChI=1S/C15H22N2O4/c1-15(2,21-14(17)20)9-11(12(18)13(16)19)8-10-6-4-3-5-7-10/h3-7,11-12,18H,8-9H2,1-2H3,(H2,16,19)(H2,17,20). The van der Waals surface area contributed by atoms with E-state index in [2.05, 4.69) is 0 Å². The summed E-state index contributed by atoms with van der Waals surface area (Å²) in [5.74, 6) is -1.27. The quantitative estimate of drug-likeness (QED) is 0.694. The summed E-state index contributed by atoms with van der Waals surface area (Å²) in [6, 6.07) is 9.40. The minimum absolute atomic E-state index is 0.259. The Morgan fingerprint density at radius 2 is 1.81 bits per heavy atom. The van der Waals surface area contributed by atoms with Crippen LogP contribution in [0.4, 0.5) is 4.79 Å². The average Bonchev–Trinajstić information content (AvgIpc) is 2.36. The van der Waals surface area contributed by atoms with E-state index < -0.39 is 29.6 Å². The molecule has 0 saturated carbocycles. The third-order valence-corrected chi connectivity index (χ3v) is 3.21. The van der Waals surface area contributed by atoms with Crippen LogP contribution in [0.5, 0.6) is 0 Å². The average molecular weight is 294 g/mol. The summed E-state index contributed by atoms with van der Waals surface area (Å²) in [7, 11) is 0. The van der Waals surface area contributed by atoms with Crippen LogP contribution in [-0.4, -0.2) is 28.8 Å². The second-order valence-corrected chi connectivity index (χ2v) is 5.68. The Balaban J connectivity index is 2.87. The van der Waals surface area contributed by atoms with Crippen molar-refractivity contribution < 1.29 is 19.4 Å². The molecule has 21 heavy (non-hydrogen) atoms. The summed E-state index contributed by atoms with van der Waals surface area (Å²) in [5, 5.41) is 10.00. The molecule has 2 amide bonds. The van der Waals surface area contributed by atoms with Crippen LogP contribution in [0.2, 0.25) is 0 Å². The number of rotatable bonds is 7. The third-order valence-electron chi connectivity index (χ3n) is 3.21. The number of nitrogens with two attached hydrogens (primary N) is 2. The van der Waals surface area contributed by atoms with Crippen LogP contribution in [-0.2, 0) is 16.0 Å². The van der Waals surface area contributed by atoms with Crippen LogP contribution in [0.15, 0.2) is 30.3 Å². The smallest absolute Gasteiger partial charge is 0.405 e. The van der Waals surface area contributed by atoms with Crippen molar-refractivity contribution in [3.05, 3.63) is 35.9 Å². The second kappa shape index (κ2) is 7.08. The van der Waals surface area contributed by atoms with Crippen LogP contribution in [0.1, 0.15) is 25.8 Å². The molecule has 2 unspecified atom stereocenters. The van der Waals surface area contributed by atoms with E-state index >= 15 is 0 Å². The molecule has 0 aliphatic rings. The van der Waals surface area contributed by atoms with E-state index in [4.69, 9.17) is 16.2 Å². The topological polar surface area (TPSA) is 116 Å². The van der Waals surface area contributed by atoms with Crippen LogP contribution < -0.4 is 11.5 Å². The zero-order chi connectivity index (χ0) is 16.0. The van der Waals surface area contributed by atoms with Crippen LogP contribution in [0, 0.1) is 5.92 Å². The minimum Gasteiger partial charge on any atom is -0.444 e. The second-order valence-electron chi connectivity index (χ2n) is 5.68. The van der Waals surface area contributed by atoms with Gasteiger partial charge in [0.15, 0.2) is 0 Å². The highest BCUT2D eigenvalue weighted by Crippen LogP contribution is 2.26. The molecule has 0 heterocycles. The molecule has 1 rings (SSSR count). The molecule has 0 radical (unpaired) electrons. The lowest BCUT2D eigenvalue weighted by molar-refractivity contribution is -0.129. The highest BCUT2D eigenvalue weighted by molar-refractivity contribution is 5.78. The van der Waals surface area contributed by atoms with Crippen molar-refractivity contribution in [2.75, 3.05) is 0 Å². The maximum absolute atomic E-state index is 11.3. The van der Waals surface area contributed by atoms with Crippen molar-refractivity contribution >= 4 is 12.0 Å². The molecule has 0 aliphatic heterocycles. The van der Waals surface area contributed by atoms with Crippen LogP contribution >= 0.6 is 0 Å². The van der Waals surface area contributed by atoms with Crippen LogP contribution in [0.3, 0.4) is 0 Å². The molecule has 0 fully saturated rings. The van der Waals surface area contributed by atoms with Gasteiger partial charge in [0.25, 0.3) is 0 Å². The molecule has 0 spiro atoms. The molecule has 0 bridgehead atoms. The molecule has 1 aromatic carbocycles. The number of aliphatic hydroxyl groups excluding tert-OH is 1. The van der Waals surface area contributed by atoms with Gasteiger partial charge in [-0.25, -0.2) is 4.79 Å². The number of carbonyl (C=O) groups is 2. The van der Waals surface area contributed by atoms with E-state index in [1.54, 1.807) is 13.8 Å². The summed E-state index contributed by atoms with van der Waals surface area (Å²) < 4.78 is 5.01. The van der Waals surface area contributed by atoms with Crippen molar-refractivity contribution in [2.45, 2.75) is 38.4 Å². The van der Waals surface area contributed by atoms with E-state index in [-0.39, 0.29) is 6.42 Å². The fourth-order valence-corrected chi connectivity index (χ4v) is 2.39. The van der Waals surface area contributed by atoms with Gasteiger partial charge in [-0.1, -0.05) is 30.3 Å². The Bertz CT molecular complexity index is 488. The zero-order valence-corrected chi connectivity index (χ0v) is 12.3.